The molecule has 1 fully saturated rings. The molecule has 0 radical (unpaired) electrons. The summed E-state index contributed by atoms with van der Waals surface area (Å²) in [7, 11) is 0. The van der Waals surface area contributed by atoms with Crippen LogP contribution in [0.15, 0.2) is 48.6 Å². The van der Waals surface area contributed by atoms with Gasteiger partial charge >= 0.3 is 0 Å². The highest BCUT2D eigenvalue weighted by atomic mass is 15.1. The molecule has 2 nitrogen and oxygen atoms in total. The van der Waals surface area contributed by atoms with Crippen LogP contribution in [-0.2, 0) is 0 Å². The number of nitrogens with one attached hydrogen (secondary N) is 1. The Morgan fingerprint density at radius 2 is 2.00 bits per heavy atom. The fourth-order valence-corrected chi connectivity index (χ4v) is 2.69. The second kappa shape index (κ2) is 8.03. The molecule has 108 valence electrons. The van der Waals surface area contributed by atoms with E-state index in [4.69, 9.17) is 0 Å². The lowest BCUT2D eigenvalue weighted by molar-refractivity contribution is 0.217. The van der Waals surface area contributed by atoms with Gasteiger partial charge in [0, 0.05) is 19.1 Å². The third-order valence-electron chi connectivity index (χ3n) is 3.86. The summed E-state index contributed by atoms with van der Waals surface area (Å²) >= 11 is 0. The first-order chi connectivity index (χ1) is 9.78. The third kappa shape index (κ3) is 4.95. The van der Waals surface area contributed by atoms with Crippen molar-refractivity contribution in [2.24, 2.45) is 0 Å². The Morgan fingerprint density at radius 1 is 1.30 bits per heavy atom. The minimum absolute atomic E-state index is 0.662. The van der Waals surface area contributed by atoms with E-state index in [9.17, 15) is 0 Å². The second-order valence-electron chi connectivity index (χ2n) is 5.65. The van der Waals surface area contributed by atoms with Crippen molar-refractivity contribution in [2.45, 2.75) is 25.8 Å². The van der Waals surface area contributed by atoms with Crippen molar-refractivity contribution in [3.8, 4) is 0 Å². The molecule has 0 atom stereocenters. The predicted molar refractivity (Wildman–Crippen MR) is 87.8 cm³/mol. The number of nitrogens with zero attached hydrogens (tertiary/aromatic N) is 1. The normalized spacial score (nSPS) is 18.1. The molecule has 1 heterocycles. The highest BCUT2D eigenvalue weighted by molar-refractivity contribution is 5.52. The Labute approximate surface area is 123 Å². The van der Waals surface area contributed by atoms with Gasteiger partial charge in [-0.05, 0) is 38.4 Å². The van der Waals surface area contributed by atoms with Crippen LogP contribution in [-0.4, -0.2) is 37.1 Å². The van der Waals surface area contributed by atoms with Gasteiger partial charge in [-0.1, -0.05) is 48.1 Å². The summed E-state index contributed by atoms with van der Waals surface area (Å²) in [5.74, 6) is 0. The highest BCUT2D eigenvalue weighted by Gasteiger charge is 2.17. The van der Waals surface area contributed by atoms with Gasteiger partial charge in [-0.25, -0.2) is 0 Å². The summed E-state index contributed by atoms with van der Waals surface area (Å²) in [5.41, 5.74) is 2.68. The molecule has 0 unspecified atom stereocenters. The van der Waals surface area contributed by atoms with Crippen molar-refractivity contribution in [1.29, 1.82) is 0 Å². The number of hydrogen-bond donors (Lipinski definition) is 1. The van der Waals surface area contributed by atoms with Crippen LogP contribution in [0.1, 0.15) is 25.3 Å². The van der Waals surface area contributed by atoms with Crippen molar-refractivity contribution < 1.29 is 0 Å². The summed E-state index contributed by atoms with van der Waals surface area (Å²) in [6.45, 7) is 10.4. The number of rotatable bonds is 6. The number of piperidine rings is 1. The van der Waals surface area contributed by atoms with Gasteiger partial charge in [-0.3, -0.25) is 4.90 Å². The zero-order valence-electron chi connectivity index (χ0n) is 12.5. The topological polar surface area (TPSA) is 15.3 Å². The van der Waals surface area contributed by atoms with Gasteiger partial charge in [0.15, 0.2) is 0 Å². The summed E-state index contributed by atoms with van der Waals surface area (Å²) in [4.78, 5) is 2.47. The van der Waals surface area contributed by atoms with E-state index in [1.807, 2.05) is 6.08 Å². The van der Waals surface area contributed by atoms with Crippen LogP contribution in [0.2, 0.25) is 0 Å². The molecule has 1 aliphatic rings. The van der Waals surface area contributed by atoms with Crippen LogP contribution in [0.3, 0.4) is 0 Å². The van der Waals surface area contributed by atoms with Crippen LogP contribution in [0.25, 0.3) is 6.08 Å². The summed E-state index contributed by atoms with van der Waals surface area (Å²) in [6, 6.07) is 11.2. The number of likely N-dealkylation sites (tertiary alicyclic amines) is 1. The van der Waals surface area contributed by atoms with Crippen LogP contribution in [0.5, 0.6) is 0 Å². The standard InChI is InChI=1S/C18H26N2/c1-3-11-20-12-9-18(10-13-20)19-15-16(2)14-17-7-5-4-6-8-17/h3-8,14,18-19H,1,9-13,15H2,2H3/b16-14-. The Bertz CT molecular complexity index is 428. The first kappa shape index (κ1) is 15.0. The van der Waals surface area contributed by atoms with Crippen molar-refractivity contribution in [2.75, 3.05) is 26.2 Å². The predicted octanol–water partition coefficient (Wildman–Crippen LogP) is 3.33. The lowest BCUT2D eigenvalue weighted by atomic mass is 10.0. The zero-order valence-corrected chi connectivity index (χ0v) is 12.5. The SMILES string of the molecule is C=CCN1CCC(NC/C(C)=C\c2ccccc2)CC1. The van der Waals surface area contributed by atoms with E-state index in [1.165, 1.54) is 37.1 Å². The summed E-state index contributed by atoms with van der Waals surface area (Å²) in [5, 5.41) is 3.68. The fraction of sp³-hybridized carbons (Fsp3) is 0.444. The molecule has 2 rings (SSSR count). The molecule has 0 saturated carbocycles. The maximum Gasteiger partial charge on any atom is 0.0167 e. The Balaban J connectivity index is 1.73. The van der Waals surface area contributed by atoms with Gasteiger partial charge in [0.2, 0.25) is 0 Å². The Hall–Kier alpha value is -1.38. The molecule has 0 amide bonds. The summed E-state index contributed by atoms with van der Waals surface area (Å²) in [6.07, 6.45) is 6.75. The van der Waals surface area contributed by atoms with E-state index in [0.29, 0.717) is 6.04 Å². The van der Waals surface area contributed by atoms with Crippen LogP contribution in [0.4, 0.5) is 0 Å². The minimum atomic E-state index is 0.662. The molecule has 20 heavy (non-hydrogen) atoms. The third-order valence-corrected chi connectivity index (χ3v) is 3.86. The molecule has 0 aliphatic carbocycles. The van der Waals surface area contributed by atoms with Crippen molar-refractivity contribution in [1.82, 2.24) is 10.2 Å². The van der Waals surface area contributed by atoms with Crippen molar-refractivity contribution in [3.63, 3.8) is 0 Å². The molecule has 0 bridgehead atoms. The average molecular weight is 270 g/mol. The highest BCUT2D eigenvalue weighted by Crippen LogP contribution is 2.11. The smallest absolute Gasteiger partial charge is 0.0167 e. The van der Waals surface area contributed by atoms with Crippen molar-refractivity contribution >= 4 is 6.08 Å². The molecule has 2 heteroatoms. The molecule has 1 aromatic rings. The lowest BCUT2D eigenvalue weighted by Gasteiger charge is -2.31. The molecule has 1 aliphatic heterocycles. The fourth-order valence-electron chi connectivity index (χ4n) is 2.69. The zero-order chi connectivity index (χ0) is 14.2. The molecular formula is C18H26N2. The minimum Gasteiger partial charge on any atom is -0.310 e. The molecule has 1 aromatic carbocycles. The van der Waals surface area contributed by atoms with Crippen LogP contribution in [0, 0.1) is 0 Å². The quantitative estimate of drug-likeness (QED) is 0.798. The Morgan fingerprint density at radius 3 is 2.65 bits per heavy atom. The monoisotopic (exact) mass is 270 g/mol. The molecule has 1 saturated heterocycles. The van der Waals surface area contributed by atoms with E-state index in [-0.39, 0.29) is 0 Å². The van der Waals surface area contributed by atoms with Crippen LogP contribution >= 0.6 is 0 Å². The molecule has 0 aromatic heterocycles. The van der Waals surface area contributed by atoms with E-state index >= 15 is 0 Å². The van der Waals surface area contributed by atoms with E-state index in [1.54, 1.807) is 0 Å². The Kier molecular flexibility index (Phi) is 6.03. The van der Waals surface area contributed by atoms with Gasteiger partial charge in [-0.15, -0.1) is 6.58 Å². The molecule has 0 spiro atoms. The van der Waals surface area contributed by atoms with Gasteiger partial charge in [0.1, 0.15) is 0 Å². The summed E-state index contributed by atoms with van der Waals surface area (Å²) < 4.78 is 0. The molecular weight excluding hydrogens is 244 g/mol. The van der Waals surface area contributed by atoms with E-state index in [2.05, 4.69) is 60.1 Å². The number of hydrogen-bond acceptors (Lipinski definition) is 2. The van der Waals surface area contributed by atoms with Gasteiger partial charge in [-0.2, -0.15) is 0 Å². The average Bonchev–Trinajstić information content (AvgIpc) is 2.48. The van der Waals surface area contributed by atoms with Gasteiger partial charge in [0.05, 0.1) is 0 Å². The lowest BCUT2D eigenvalue weighted by Crippen LogP contribution is -2.42. The molecule has 1 N–H and O–H groups in total. The van der Waals surface area contributed by atoms with Crippen LogP contribution < -0.4 is 5.32 Å². The first-order valence-corrected chi connectivity index (χ1v) is 7.57. The largest absolute Gasteiger partial charge is 0.310 e. The van der Waals surface area contributed by atoms with Gasteiger partial charge < -0.3 is 5.32 Å². The first-order valence-electron chi connectivity index (χ1n) is 7.57. The maximum absolute atomic E-state index is 3.81. The van der Waals surface area contributed by atoms with Gasteiger partial charge in [0.25, 0.3) is 0 Å². The number of benzene rings is 1. The van der Waals surface area contributed by atoms with E-state index < -0.39 is 0 Å². The second-order valence-corrected chi connectivity index (χ2v) is 5.65. The van der Waals surface area contributed by atoms with Crippen molar-refractivity contribution in [3.05, 3.63) is 54.1 Å². The maximum atomic E-state index is 3.81. The van der Waals surface area contributed by atoms with E-state index in [0.717, 1.165) is 13.1 Å².